The van der Waals surface area contributed by atoms with Crippen molar-refractivity contribution in [3.63, 3.8) is 0 Å². The van der Waals surface area contributed by atoms with Gasteiger partial charge in [0.2, 0.25) is 0 Å². The molecule has 2 unspecified atom stereocenters. The molecule has 0 saturated heterocycles. The number of aliphatic hydroxyl groups excluding tert-OH is 2. The fourth-order valence-electron chi connectivity index (χ4n) is 2.40. The van der Waals surface area contributed by atoms with Crippen LogP contribution in [0.25, 0.3) is 0 Å². The van der Waals surface area contributed by atoms with Gasteiger partial charge in [0.05, 0.1) is 13.2 Å². The van der Waals surface area contributed by atoms with E-state index >= 15 is 0 Å². The minimum atomic E-state index is 0.204. The third kappa shape index (κ3) is 9.38. The zero-order valence-corrected chi connectivity index (χ0v) is 13.2. The molecule has 4 heteroatoms. The van der Waals surface area contributed by atoms with Gasteiger partial charge in [-0.25, -0.2) is 0 Å². The number of rotatable bonds is 12. The minimum Gasteiger partial charge on any atom is -0.395 e. The van der Waals surface area contributed by atoms with Crippen molar-refractivity contribution >= 4 is 0 Å². The van der Waals surface area contributed by atoms with E-state index in [2.05, 4.69) is 38.3 Å². The van der Waals surface area contributed by atoms with E-state index in [1.165, 1.54) is 6.42 Å². The highest BCUT2D eigenvalue weighted by Crippen LogP contribution is 2.14. The monoisotopic (exact) mass is 274 g/mol. The lowest BCUT2D eigenvalue weighted by atomic mass is 9.93. The average Bonchev–Trinajstić information content (AvgIpc) is 2.36. The van der Waals surface area contributed by atoms with Crippen LogP contribution in [-0.2, 0) is 0 Å². The maximum Gasteiger partial charge on any atom is 0.0556 e. The molecule has 0 aliphatic rings. The molecule has 4 N–H and O–H groups in total. The summed E-state index contributed by atoms with van der Waals surface area (Å²) in [5, 5.41) is 24.6. The molecular formula is C15H34N2O2. The lowest BCUT2D eigenvalue weighted by Crippen LogP contribution is -2.38. The molecule has 0 bridgehead atoms. The third-order valence-corrected chi connectivity index (χ3v) is 3.68. The second kappa shape index (κ2) is 11.6. The topological polar surface area (TPSA) is 64.5 Å². The predicted octanol–water partition coefficient (Wildman–Crippen LogP) is 1.37. The van der Waals surface area contributed by atoms with E-state index in [0.717, 1.165) is 12.8 Å². The molecule has 0 saturated carbocycles. The van der Waals surface area contributed by atoms with Crippen molar-refractivity contribution in [2.24, 2.45) is 11.8 Å². The van der Waals surface area contributed by atoms with E-state index in [1.807, 2.05) is 0 Å². The van der Waals surface area contributed by atoms with Crippen molar-refractivity contribution < 1.29 is 10.2 Å². The van der Waals surface area contributed by atoms with Gasteiger partial charge in [0.15, 0.2) is 0 Å². The molecule has 0 heterocycles. The molecule has 0 aromatic rings. The summed E-state index contributed by atoms with van der Waals surface area (Å²) in [5.41, 5.74) is 0. The molecule has 0 aliphatic carbocycles. The van der Waals surface area contributed by atoms with E-state index in [0.29, 0.717) is 37.0 Å². The van der Waals surface area contributed by atoms with Gasteiger partial charge in [-0.05, 0) is 24.7 Å². The molecular weight excluding hydrogens is 240 g/mol. The zero-order valence-electron chi connectivity index (χ0n) is 13.2. The summed E-state index contributed by atoms with van der Waals surface area (Å²) in [6.07, 6.45) is 3.45. The molecule has 0 aromatic carbocycles. The lowest BCUT2D eigenvalue weighted by Gasteiger charge is -2.25. The van der Waals surface area contributed by atoms with Crippen LogP contribution in [0.2, 0.25) is 0 Å². The van der Waals surface area contributed by atoms with Crippen LogP contribution < -0.4 is 10.6 Å². The predicted molar refractivity (Wildman–Crippen MR) is 81.3 cm³/mol. The van der Waals surface area contributed by atoms with Crippen molar-refractivity contribution in [2.75, 3.05) is 26.3 Å². The largest absolute Gasteiger partial charge is 0.395 e. The molecule has 2 atom stereocenters. The van der Waals surface area contributed by atoms with Crippen LogP contribution in [-0.4, -0.2) is 48.6 Å². The third-order valence-electron chi connectivity index (χ3n) is 3.68. The molecule has 4 nitrogen and oxygen atoms in total. The summed E-state index contributed by atoms with van der Waals surface area (Å²) in [5.74, 6) is 1.18. The number of hydrogen-bond acceptors (Lipinski definition) is 4. The molecule has 0 amide bonds. The first-order chi connectivity index (χ1) is 9.02. The summed E-state index contributed by atoms with van der Waals surface area (Å²) < 4.78 is 0. The van der Waals surface area contributed by atoms with Gasteiger partial charge in [0.1, 0.15) is 0 Å². The van der Waals surface area contributed by atoms with Crippen LogP contribution in [0, 0.1) is 11.8 Å². The van der Waals surface area contributed by atoms with Gasteiger partial charge in [0, 0.05) is 25.2 Å². The van der Waals surface area contributed by atoms with Crippen molar-refractivity contribution in [1.82, 2.24) is 10.6 Å². The molecule has 0 aliphatic heterocycles. The van der Waals surface area contributed by atoms with E-state index in [-0.39, 0.29) is 13.2 Å². The van der Waals surface area contributed by atoms with Crippen LogP contribution >= 0.6 is 0 Å². The van der Waals surface area contributed by atoms with Gasteiger partial charge in [-0.2, -0.15) is 0 Å². The fourth-order valence-corrected chi connectivity index (χ4v) is 2.40. The van der Waals surface area contributed by atoms with Crippen LogP contribution in [0.15, 0.2) is 0 Å². The molecule has 116 valence electrons. The smallest absolute Gasteiger partial charge is 0.0556 e. The maximum absolute atomic E-state index is 8.88. The highest BCUT2D eigenvalue weighted by Gasteiger charge is 2.15. The molecule has 0 fully saturated rings. The standard InChI is InChI=1S/C15H34N2O2/c1-12(2)14(16-8-10-18)6-5-7-15(13(3)4)17-9-11-19/h12-19H,5-11H2,1-4H3. The summed E-state index contributed by atoms with van der Waals surface area (Å²) in [4.78, 5) is 0. The van der Waals surface area contributed by atoms with Crippen molar-refractivity contribution in [2.45, 2.75) is 59.0 Å². The van der Waals surface area contributed by atoms with Crippen molar-refractivity contribution in [1.29, 1.82) is 0 Å². The van der Waals surface area contributed by atoms with Gasteiger partial charge in [-0.15, -0.1) is 0 Å². The van der Waals surface area contributed by atoms with E-state index < -0.39 is 0 Å². The first-order valence-corrected chi connectivity index (χ1v) is 7.71. The van der Waals surface area contributed by atoms with Crippen LogP contribution in [0.5, 0.6) is 0 Å². The Balaban J connectivity index is 3.98. The van der Waals surface area contributed by atoms with Gasteiger partial charge in [0.25, 0.3) is 0 Å². The highest BCUT2D eigenvalue weighted by molar-refractivity contribution is 4.75. The van der Waals surface area contributed by atoms with Gasteiger partial charge < -0.3 is 20.8 Å². The Hall–Kier alpha value is -0.160. The Morgan fingerprint density at radius 2 is 1.11 bits per heavy atom. The number of hydrogen-bond donors (Lipinski definition) is 4. The summed E-state index contributed by atoms with van der Waals surface area (Å²) in [6.45, 7) is 10.7. The first-order valence-electron chi connectivity index (χ1n) is 7.71. The van der Waals surface area contributed by atoms with Crippen molar-refractivity contribution in [3.05, 3.63) is 0 Å². The van der Waals surface area contributed by atoms with Gasteiger partial charge in [-0.3, -0.25) is 0 Å². The Kier molecular flexibility index (Phi) is 11.6. The Bertz CT molecular complexity index is 179. The minimum absolute atomic E-state index is 0.204. The van der Waals surface area contributed by atoms with Crippen LogP contribution in [0.1, 0.15) is 47.0 Å². The van der Waals surface area contributed by atoms with Crippen LogP contribution in [0.3, 0.4) is 0 Å². The zero-order chi connectivity index (χ0) is 14.7. The second-order valence-corrected chi connectivity index (χ2v) is 5.99. The second-order valence-electron chi connectivity index (χ2n) is 5.99. The van der Waals surface area contributed by atoms with E-state index in [4.69, 9.17) is 10.2 Å². The highest BCUT2D eigenvalue weighted by atomic mass is 16.3. The fraction of sp³-hybridized carbons (Fsp3) is 1.00. The van der Waals surface area contributed by atoms with Crippen LogP contribution in [0.4, 0.5) is 0 Å². The first kappa shape index (κ1) is 18.8. The number of nitrogens with one attached hydrogen (secondary N) is 2. The van der Waals surface area contributed by atoms with E-state index in [1.54, 1.807) is 0 Å². The Labute approximate surface area is 119 Å². The van der Waals surface area contributed by atoms with E-state index in [9.17, 15) is 0 Å². The normalized spacial score (nSPS) is 15.2. The molecule has 0 rings (SSSR count). The molecule has 0 spiro atoms. The maximum atomic E-state index is 8.88. The average molecular weight is 274 g/mol. The summed E-state index contributed by atoms with van der Waals surface area (Å²) >= 11 is 0. The summed E-state index contributed by atoms with van der Waals surface area (Å²) in [6, 6.07) is 0.968. The molecule has 19 heavy (non-hydrogen) atoms. The Morgan fingerprint density at radius 3 is 1.37 bits per heavy atom. The van der Waals surface area contributed by atoms with Gasteiger partial charge in [-0.1, -0.05) is 34.1 Å². The number of aliphatic hydroxyl groups is 2. The Morgan fingerprint density at radius 1 is 0.737 bits per heavy atom. The van der Waals surface area contributed by atoms with Crippen molar-refractivity contribution in [3.8, 4) is 0 Å². The SMILES string of the molecule is CC(C)C(CCCC(NCCO)C(C)C)NCCO. The van der Waals surface area contributed by atoms with Gasteiger partial charge >= 0.3 is 0 Å². The quantitative estimate of drug-likeness (QED) is 0.434. The molecule has 0 radical (unpaired) electrons. The molecule has 0 aromatic heterocycles. The summed E-state index contributed by atoms with van der Waals surface area (Å²) in [7, 11) is 0. The lowest BCUT2D eigenvalue weighted by molar-refractivity contribution is 0.257.